The molecule has 2 aromatic carbocycles. The summed E-state index contributed by atoms with van der Waals surface area (Å²) in [6.45, 7) is -2.07. The van der Waals surface area contributed by atoms with E-state index in [9.17, 15) is 13.6 Å². The molecular weight excluding hydrogens is 425 g/mol. The van der Waals surface area contributed by atoms with Crippen LogP contribution in [0.1, 0.15) is 15.9 Å². The van der Waals surface area contributed by atoms with E-state index >= 15 is 0 Å². The molecule has 0 heterocycles. The van der Waals surface area contributed by atoms with Crippen LogP contribution >= 0.6 is 23.2 Å². The van der Waals surface area contributed by atoms with Gasteiger partial charge in [-0.15, -0.1) is 0 Å². The molecule has 0 radical (unpaired) electrons. The second kappa shape index (κ2) is 11.4. The van der Waals surface area contributed by atoms with E-state index in [2.05, 4.69) is 25.7 Å². The molecule has 0 unspecified atom stereocenters. The van der Waals surface area contributed by atoms with Gasteiger partial charge in [-0.1, -0.05) is 35.3 Å². The third kappa shape index (κ3) is 7.40. The minimum Gasteiger partial charge on any atom is -0.434 e. The zero-order valence-corrected chi connectivity index (χ0v) is 17.0. The van der Waals surface area contributed by atoms with Crippen molar-refractivity contribution in [2.45, 2.75) is 13.2 Å². The Kier molecular flexibility index (Phi) is 8.95. The van der Waals surface area contributed by atoms with Crippen molar-refractivity contribution in [1.82, 2.24) is 16.0 Å². The van der Waals surface area contributed by atoms with Crippen molar-refractivity contribution in [3.8, 4) is 5.75 Å². The van der Waals surface area contributed by atoms with Crippen LogP contribution in [0.25, 0.3) is 0 Å². The first-order valence-corrected chi connectivity index (χ1v) is 9.36. The average Bonchev–Trinajstić information content (AvgIpc) is 2.69. The summed E-state index contributed by atoms with van der Waals surface area (Å²) in [6, 6.07) is 11.1. The molecule has 0 aromatic heterocycles. The van der Waals surface area contributed by atoms with E-state index in [1.165, 1.54) is 18.2 Å². The molecule has 0 aliphatic heterocycles. The monoisotopic (exact) mass is 444 g/mol. The second-order valence-corrected chi connectivity index (χ2v) is 6.56. The predicted molar refractivity (Wildman–Crippen MR) is 110 cm³/mol. The van der Waals surface area contributed by atoms with Gasteiger partial charge in [-0.05, 0) is 30.3 Å². The number of nitrogens with zero attached hydrogens (tertiary/aromatic N) is 1. The number of guanidine groups is 1. The molecular formula is C19H20Cl2F2N4O2. The molecule has 0 bridgehead atoms. The normalized spacial score (nSPS) is 11.3. The molecule has 29 heavy (non-hydrogen) atoms. The number of aliphatic imine (C=N–C) groups is 1. The van der Waals surface area contributed by atoms with Crippen LogP contribution in [-0.4, -0.2) is 38.6 Å². The standard InChI is InChI=1S/C19H20Cl2F2N4O2/c1-24-19(26-9-8-25-17(28)14-4-2-3-5-15(14)21)27-11-12-10-13(20)6-7-16(12)29-18(22)23/h2-7,10,18H,8-9,11H2,1H3,(H,25,28)(H2,24,26,27). The summed E-state index contributed by atoms with van der Waals surface area (Å²) < 4.78 is 29.6. The van der Waals surface area contributed by atoms with Gasteiger partial charge in [0.05, 0.1) is 10.6 Å². The summed E-state index contributed by atoms with van der Waals surface area (Å²) >= 11 is 11.9. The van der Waals surface area contributed by atoms with Gasteiger partial charge in [0.1, 0.15) is 5.75 Å². The highest BCUT2D eigenvalue weighted by atomic mass is 35.5. The van der Waals surface area contributed by atoms with Crippen molar-refractivity contribution in [3.63, 3.8) is 0 Å². The average molecular weight is 445 g/mol. The number of alkyl halides is 2. The zero-order valence-electron chi connectivity index (χ0n) is 15.5. The van der Waals surface area contributed by atoms with Gasteiger partial charge in [-0.25, -0.2) is 0 Å². The minimum absolute atomic E-state index is 0.0272. The maximum Gasteiger partial charge on any atom is 0.387 e. The molecule has 2 aromatic rings. The fourth-order valence-electron chi connectivity index (χ4n) is 2.39. The summed E-state index contributed by atoms with van der Waals surface area (Å²) in [5, 5.41) is 9.49. The van der Waals surface area contributed by atoms with E-state index in [1.54, 1.807) is 31.3 Å². The van der Waals surface area contributed by atoms with Gasteiger partial charge in [-0.2, -0.15) is 8.78 Å². The highest BCUT2D eigenvalue weighted by Crippen LogP contribution is 2.24. The lowest BCUT2D eigenvalue weighted by Crippen LogP contribution is -2.41. The van der Waals surface area contributed by atoms with Crippen molar-refractivity contribution >= 4 is 35.1 Å². The van der Waals surface area contributed by atoms with Crippen molar-refractivity contribution in [2.24, 2.45) is 4.99 Å². The van der Waals surface area contributed by atoms with Crippen LogP contribution in [0.15, 0.2) is 47.5 Å². The lowest BCUT2D eigenvalue weighted by molar-refractivity contribution is -0.0504. The summed E-state index contributed by atoms with van der Waals surface area (Å²) in [5.74, 6) is 0.160. The SMILES string of the molecule is CN=C(NCCNC(=O)c1ccccc1Cl)NCc1cc(Cl)ccc1OC(F)F. The van der Waals surface area contributed by atoms with Gasteiger partial charge in [0.2, 0.25) is 0 Å². The number of ether oxygens (including phenoxy) is 1. The Bertz CT molecular complexity index is 866. The van der Waals surface area contributed by atoms with Crippen molar-refractivity contribution < 1.29 is 18.3 Å². The lowest BCUT2D eigenvalue weighted by atomic mass is 10.2. The maximum atomic E-state index is 12.5. The molecule has 0 aliphatic rings. The Morgan fingerprint density at radius 1 is 1.10 bits per heavy atom. The largest absolute Gasteiger partial charge is 0.434 e. The number of hydrogen-bond donors (Lipinski definition) is 3. The number of nitrogens with one attached hydrogen (secondary N) is 3. The number of hydrogen-bond acceptors (Lipinski definition) is 3. The van der Waals surface area contributed by atoms with Gasteiger partial charge in [-0.3, -0.25) is 9.79 Å². The third-order valence-corrected chi connectivity index (χ3v) is 4.29. The van der Waals surface area contributed by atoms with Gasteiger partial charge in [0.25, 0.3) is 5.91 Å². The number of amides is 1. The first-order valence-electron chi connectivity index (χ1n) is 8.61. The molecule has 0 saturated heterocycles. The molecule has 0 fully saturated rings. The molecule has 0 saturated carbocycles. The summed E-state index contributed by atoms with van der Waals surface area (Å²) in [6.07, 6.45) is 0. The summed E-state index contributed by atoms with van der Waals surface area (Å²) in [4.78, 5) is 16.1. The topological polar surface area (TPSA) is 74.8 Å². The van der Waals surface area contributed by atoms with E-state index < -0.39 is 6.61 Å². The number of carbonyl (C=O) groups is 1. The Morgan fingerprint density at radius 2 is 1.83 bits per heavy atom. The van der Waals surface area contributed by atoms with Crippen molar-refractivity contribution in [1.29, 1.82) is 0 Å². The lowest BCUT2D eigenvalue weighted by Gasteiger charge is -2.15. The minimum atomic E-state index is -2.94. The predicted octanol–water partition coefficient (Wildman–Crippen LogP) is 3.69. The van der Waals surface area contributed by atoms with E-state index in [1.807, 2.05) is 0 Å². The maximum absolute atomic E-state index is 12.5. The Hall–Kier alpha value is -2.58. The molecule has 0 atom stereocenters. The first-order chi connectivity index (χ1) is 13.9. The smallest absolute Gasteiger partial charge is 0.387 e. The van der Waals surface area contributed by atoms with Gasteiger partial charge in [0, 0.05) is 37.3 Å². The Labute approximate surface area is 177 Å². The van der Waals surface area contributed by atoms with E-state index in [0.29, 0.717) is 40.2 Å². The van der Waals surface area contributed by atoms with Crippen LogP contribution in [0, 0.1) is 0 Å². The van der Waals surface area contributed by atoms with Crippen LogP contribution in [0.2, 0.25) is 10.0 Å². The van der Waals surface area contributed by atoms with Crippen LogP contribution in [0.4, 0.5) is 8.78 Å². The van der Waals surface area contributed by atoms with Crippen LogP contribution in [0.3, 0.4) is 0 Å². The molecule has 10 heteroatoms. The van der Waals surface area contributed by atoms with Crippen LogP contribution < -0.4 is 20.7 Å². The fourth-order valence-corrected chi connectivity index (χ4v) is 2.81. The quantitative estimate of drug-likeness (QED) is 0.329. The number of halogens is 4. The van der Waals surface area contributed by atoms with E-state index in [-0.39, 0.29) is 18.2 Å². The van der Waals surface area contributed by atoms with E-state index in [4.69, 9.17) is 23.2 Å². The van der Waals surface area contributed by atoms with Gasteiger partial charge in [0.15, 0.2) is 5.96 Å². The highest BCUT2D eigenvalue weighted by Gasteiger charge is 2.11. The molecule has 3 N–H and O–H groups in total. The Morgan fingerprint density at radius 3 is 2.52 bits per heavy atom. The van der Waals surface area contributed by atoms with Gasteiger partial charge < -0.3 is 20.7 Å². The van der Waals surface area contributed by atoms with Gasteiger partial charge >= 0.3 is 6.61 Å². The van der Waals surface area contributed by atoms with Crippen molar-refractivity contribution in [3.05, 3.63) is 63.6 Å². The summed E-state index contributed by atoms with van der Waals surface area (Å²) in [5.41, 5.74) is 0.844. The molecule has 156 valence electrons. The van der Waals surface area contributed by atoms with Crippen molar-refractivity contribution in [2.75, 3.05) is 20.1 Å². The fraction of sp³-hybridized carbons (Fsp3) is 0.263. The molecule has 2 rings (SSSR count). The molecule has 0 aliphatic carbocycles. The first kappa shape index (κ1) is 22.7. The second-order valence-electron chi connectivity index (χ2n) is 5.72. The number of benzene rings is 2. The molecule has 0 spiro atoms. The number of carbonyl (C=O) groups excluding carboxylic acids is 1. The zero-order chi connectivity index (χ0) is 21.2. The van der Waals surface area contributed by atoms with E-state index in [0.717, 1.165) is 0 Å². The third-order valence-electron chi connectivity index (χ3n) is 3.73. The summed E-state index contributed by atoms with van der Waals surface area (Å²) in [7, 11) is 1.56. The highest BCUT2D eigenvalue weighted by molar-refractivity contribution is 6.33. The molecule has 1 amide bonds. The Balaban J connectivity index is 1.82. The van der Waals surface area contributed by atoms with Crippen LogP contribution in [0.5, 0.6) is 5.75 Å². The molecule has 6 nitrogen and oxygen atoms in total. The van der Waals surface area contributed by atoms with Crippen LogP contribution in [-0.2, 0) is 6.54 Å². The number of rotatable bonds is 8.